The lowest BCUT2D eigenvalue weighted by molar-refractivity contribution is -0.142. The molecule has 6 atom stereocenters. The minimum atomic E-state index is -1.51. The smallest absolute Gasteiger partial charge is 0.326 e. The van der Waals surface area contributed by atoms with Crippen LogP contribution in [0.1, 0.15) is 32.3 Å². The Hall–Kier alpha value is -3.75. The summed E-state index contributed by atoms with van der Waals surface area (Å²) < 4.78 is 0. The van der Waals surface area contributed by atoms with Gasteiger partial charge in [0, 0.05) is 13.0 Å². The van der Waals surface area contributed by atoms with Crippen LogP contribution in [0.25, 0.3) is 0 Å². The van der Waals surface area contributed by atoms with Crippen molar-refractivity contribution in [1.29, 1.82) is 0 Å². The zero-order chi connectivity index (χ0) is 28.1. The Bertz CT molecular complexity index is 937. The molecule has 14 nitrogen and oxygen atoms in total. The van der Waals surface area contributed by atoms with Gasteiger partial charge in [0.05, 0.1) is 12.2 Å². The topological polar surface area (TPSA) is 255 Å². The van der Waals surface area contributed by atoms with Gasteiger partial charge in [0.1, 0.15) is 24.2 Å². The molecule has 0 aromatic heterocycles. The predicted molar refractivity (Wildman–Crippen MR) is 135 cm³/mol. The molecule has 206 valence electrons. The summed E-state index contributed by atoms with van der Waals surface area (Å²) in [7, 11) is 0. The zero-order valence-corrected chi connectivity index (χ0v) is 20.8. The summed E-state index contributed by atoms with van der Waals surface area (Å²) in [4.78, 5) is 53.8. The molecular weight excluding hydrogens is 486 g/mol. The standard InChI is InChI=1S/C23H37N7O7/c1-12(31)17(24)20(34)30-18(13(2)32)21(35)28-15(9-6-10-27-23(25)26)19(33)29-16(22(36)37)11-14-7-4-3-5-8-14/h3-5,7-8,12-13,15-18,31-32H,6,9-11,24H2,1-2H3,(H,28,35)(H,29,33)(H,30,34)(H,36,37)(H4,25,26,27). The van der Waals surface area contributed by atoms with Gasteiger partial charge in [-0.25, -0.2) is 4.79 Å². The number of guanidine groups is 1. The summed E-state index contributed by atoms with van der Waals surface area (Å²) in [6, 6.07) is 3.26. The van der Waals surface area contributed by atoms with E-state index in [2.05, 4.69) is 20.9 Å². The van der Waals surface area contributed by atoms with Crippen molar-refractivity contribution in [3.8, 4) is 0 Å². The molecule has 0 aliphatic carbocycles. The van der Waals surface area contributed by atoms with Crippen LogP contribution in [0.5, 0.6) is 0 Å². The minimum Gasteiger partial charge on any atom is -0.480 e. The number of amides is 3. The number of nitrogens with one attached hydrogen (secondary N) is 3. The maximum absolute atomic E-state index is 13.0. The van der Waals surface area contributed by atoms with Crippen LogP contribution in [0.2, 0.25) is 0 Å². The molecule has 0 heterocycles. The second-order valence-corrected chi connectivity index (χ2v) is 8.59. The van der Waals surface area contributed by atoms with E-state index in [1.807, 2.05) is 0 Å². The Morgan fingerprint density at radius 2 is 1.49 bits per heavy atom. The first kappa shape index (κ1) is 31.3. The number of aliphatic hydroxyl groups excluding tert-OH is 2. The van der Waals surface area contributed by atoms with E-state index >= 15 is 0 Å². The van der Waals surface area contributed by atoms with E-state index < -0.39 is 60.1 Å². The van der Waals surface area contributed by atoms with Gasteiger partial charge in [0.15, 0.2) is 5.96 Å². The summed E-state index contributed by atoms with van der Waals surface area (Å²) in [5.74, 6) is -4.04. The molecule has 37 heavy (non-hydrogen) atoms. The number of rotatable bonds is 15. The van der Waals surface area contributed by atoms with E-state index in [0.29, 0.717) is 5.56 Å². The quantitative estimate of drug-likeness (QED) is 0.0636. The van der Waals surface area contributed by atoms with Crippen LogP contribution >= 0.6 is 0 Å². The average Bonchev–Trinajstić information content (AvgIpc) is 2.83. The second-order valence-electron chi connectivity index (χ2n) is 8.59. The molecule has 0 radical (unpaired) electrons. The maximum Gasteiger partial charge on any atom is 0.326 e. The van der Waals surface area contributed by atoms with Gasteiger partial charge in [-0.1, -0.05) is 30.3 Å². The first-order valence-electron chi connectivity index (χ1n) is 11.7. The summed E-state index contributed by atoms with van der Waals surface area (Å²) in [5, 5.41) is 36.3. The van der Waals surface area contributed by atoms with Crippen LogP contribution in [-0.2, 0) is 25.6 Å². The number of carbonyl (C=O) groups is 4. The van der Waals surface area contributed by atoms with Crippen molar-refractivity contribution < 1.29 is 34.5 Å². The highest BCUT2D eigenvalue weighted by atomic mass is 16.4. The van der Waals surface area contributed by atoms with E-state index in [1.54, 1.807) is 30.3 Å². The highest BCUT2D eigenvalue weighted by molar-refractivity contribution is 5.94. The summed E-state index contributed by atoms with van der Waals surface area (Å²) in [6.45, 7) is 2.66. The largest absolute Gasteiger partial charge is 0.480 e. The van der Waals surface area contributed by atoms with Crippen molar-refractivity contribution in [1.82, 2.24) is 16.0 Å². The Balaban J connectivity index is 3.05. The van der Waals surface area contributed by atoms with Crippen molar-refractivity contribution >= 4 is 29.7 Å². The minimum absolute atomic E-state index is 0.000168. The molecule has 0 saturated heterocycles. The molecule has 0 fully saturated rings. The monoisotopic (exact) mass is 523 g/mol. The number of carbonyl (C=O) groups excluding carboxylic acids is 3. The molecule has 1 rings (SSSR count). The molecule has 14 heteroatoms. The highest BCUT2D eigenvalue weighted by Crippen LogP contribution is 2.07. The first-order valence-corrected chi connectivity index (χ1v) is 11.7. The molecule has 0 bridgehead atoms. The van der Waals surface area contributed by atoms with Gasteiger partial charge in [-0.15, -0.1) is 0 Å². The molecule has 1 aromatic carbocycles. The van der Waals surface area contributed by atoms with Gasteiger partial charge in [0.25, 0.3) is 0 Å². The van der Waals surface area contributed by atoms with Crippen LogP contribution in [0.15, 0.2) is 35.3 Å². The molecule has 3 amide bonds. The molecule has 12 N–H and O–H groups in total. The Kier molecular flexibility index (Phi) is 13.0. The average molecular weight is 524 g/mol. The number of benzene rings is 1. The summed E-state index contributed by atoms with van der Waals surface area (Å²) in [5.41, 5.74) is 16.9. The molecule has 6 unspecified atom stereocenters. The van der Waals surface area contributed by atoms with Gasteiger partial charge in [-0.3, -0.25) is 19.4 Å². The van der Waals surface area contributed by atoms with Crippen molar-refractivity contribution in [3.05, 3.63) is 35.9 Å². The SMILES string of the molecule is CC(O)C(N)C(=O)NC(C(=O)NC(CCCN=C(N)N)C(=O)NC(Cc1ccccc1)C(=O)O)C(C)O. The molecule has 0 aliphatic rings. The van der Waals surface area contributed by atoms with Gasteiger partial charge >= 0.3 is 5.97 Å². The Morgan fingerprint density at radius 3 is 2.00 bits per heavy atom. The lowest BCUT2D eigenvalue weighted by Crippen LogP contribution is -2.60. The lowest BCUT2D eigenvalue weighted by Gasteiger charge is -2.27. The summed E-state index contributed by atoms with van der Waals surface area (Å²) in [6.07, 6.45) is -2.35. The number of nitrogens with two attached hydrogens (primary N) is 3. The third-order valence-corrected chi connectivity index (χ3v) is 5.36. The lowest BCUT2D eigenvalue weighted by atomic mass is 10.0. The van der Waals surface area contributed by atoms with Crippen molar-refractivity contribution in [2.45, 2.75) is 69.5 Å². The first-order chi connectivity index (χ1) is 17.3. The van der Waals surface area contributed by atoms with E-state index in [4.69, 9.17) is 17.2 Å². The summed E-state index contributed by atoms with van der Waals surface area (Å²) >= 11 is 0. The van der Waals surface area contributed by atoms with E-state index in [1.165, 1.54) is 13.8 Å². The fraction of sp³-hybridized carbons (Fsp3) is 0.522. The number of hydrogen-bond acceptors (Lipinski definition) is 8. The fourth-order valence-corrected chi connectivity index (χ4v) is 3.23. The van der Waals surface area contributed by atoms with E-state index in [0.717, 1.165) is 0 Å². The Morgan fingerprint density at radius 1 is 0.892 bits per heavy atom. The zero-order valence-electron chi connectivity index (χ0n) is 20.8. The van der Waals surface area contributed by atoms with Gasteiger partial charge in [-0.2, -0.15) is 0 Å². The number of aliphatic carboxylic acids is 1. The van der Waals surface area contributed by atoms with Gasteiger partial charge < -0.3 is 48.5 Å². The predicted octanol–water partition coefficient (Wildman–Crippen LogP) is -3.09. The van der Waals surface area contributed by atoms with Gasteiger partial charge in [0.2, 0.25) is 17.7 Å². The molecule has 0 saturated carbocycles. The number of nitrogens with zero attached hydrogens (tertiary/aromatic N) is 1. The van der Waals surface area contributed by atoms with E-state index in [-0.39, 0.29) is 31.8 Å². The highest BCUT2D eigenvalue weighted by Gasteiger charge is 2.33. The van der Waals surface area contributed by atoms with Crippen LogP contribution < -0.4 is 33.2 Å². The molecule has 0 spiro atoms. The fourth-order valence-electron chi connectivity index (χ4n) is 3.23. The number of hydrogen-bond donors (Lipinski definition) is 9. The normalized spacial score (nSPS) is 15.7. The second kappa shape index (κ2) is 15.4. The van der Waals surface area contributed by atoms with Crippen molar-refractivity contribution in [2.24, 2.45) is 22.2 Å². The molecule has 0 aliphatic heterocycles. The number of aliphatic imine (C=N–C) groups is 1. The maximum atomic E-state index is 13.0. The number of aliphatic hydroxyl groups is 2. The molecule has 1 aromatic rings. The third-order valence-electron chi connectivity index (χ3n) is 5.36. The van der Waals surface area contributed by atoms with Crippen molar-refractivity contribution in [2.75, 3.05) is 6.54 Å². The van der Waals surface area contributed by atoms with Crippen LogP contribution in [-0.4, -0.2) is 87.9 Å². The van der Waals surface area contributed by atoms with Crippen LogP contribution in [0.3, 0.4) is 0 Å². The third kappa shape index (κ3) is 11.2. The Labute approximate surface area is 214 Å². The van der Waals surface area contributed by atoms with Crippen LogP contribution in [0, 0.1) is 0 Å². The van der Waals surface area contributed by atoms with Gasteiger partial charge in [-0.05, 0) is 32.3 Å². The van der Waals surface area contributed by atoms with Crippen LogP contribution in [0.4, 0.5) is 0 Å². The molecular formula is C23H37N7O7. The number of carboxylic acid groups (broad SMARTS) is 1. The van der Waals surface area contributed by atoms with E-state index in [9.17, 15) is 34.5 Å². The number of carboxylic acids is 1. The van der Waals surface area contributed by atoms with Crippen molar-refractivity contribution in [3.63, 3.8) is 0 Å².